The molecule has 1 N–H and O–H groups in total. The average molecular weight is 512 g/mol. The maximum Gasteiger partial charge on any atom is 0.269 e. The molecule has 0 aliphatic carbocycles. The number of nitrogens with zero attached hydrogens (tertiary/aromatic N) is 2. The molecule has 1 atom stereocenters. The summed E-state index contributed by atoms with van der Waals surface area (Å²) in [6, 6.07) is 20.8. The quantitative estimate of drug-likeness (QED) is 0.327. The highest BCUT2D eigenvalue weighted by atomic mass is 35.5. The second-order valence-corrected chi connectivity index (χ2v) is 9.40. The van der Waals surface area contributed by atoms with Crippen molar-refractivity contribution in [3.8, 4) is 6.07 Å². The van der Waals surface area contributed by atoms with Crippen LogP contribution in [0.25, 0.3) is 0 Å². The monoisotopic (exact) mass is 511 g/mol. The molecule has 5 nitrogen and oxygen atoms in total. The van der Waals surface area contributed by atoms with Crippen LogP contribution in [0.5, 0.6) is 0 Å². The standard InChI is InChI=1S/C25H16Cl2FN3O2S/c26-16-3-1-15(2-4-16)13-22-24(33)31(20-11-5-17(27)6-12-20)25(34-22)21(14-29)23(32)30-19-9-7-18(28)8-10-19/h1-12,22H,13H2,(H,30,32)/b25-21+. The van der Waals surface area contributed by atoms with Gasteiger partial charge in [-0.2, -0.15) is 5.26 Å². The van der Waals surface area contributed by atoms with Crippen molar-refractivity contribution in [3.63, 3.8) is 0 Å². The van der Waals surface area contributed by atoms with Crippen molar-refractivity contribution in [1.29, 1.82) is 5.26 Å². The first-order chi connectivity index (χ1) is 16.4. The first kappa shape index (κ1) is 23.8. The van der Waals surface area contributed by atoms with E-state index in [1.165, 1.54) is 29.2 Å². The van der Waals surface area contributed by atoms with Crippen LogP contribution >= 0.6 is 35.0 Å². The molecule has 0 saturated carbocycles. The highest BCUT2D eigenvalue weighted by Crippen LogP contribution is 2.42. The van der Waals surface area contributed by atoms with Crippen molar-refractivity contribution in [3.05, 3.63) is 105 Å². The summed E-state index contributed by atoms with van der Waals surface area (Å²) in [4.78, 5) is 27.8. The van der Waals surface area contributed by atoms with Gasteiger partial charge in [-0.15, -0.1) is 0 Å². The van der Waals surface area contributed by atoms with Crippen molar-refractivity contribution < 1.29 is 14.0 Å². The molecule has 34 heavy (non-hydrogen) atoms. The number of halogens is 3. The Morgan fingerprint density at radius 3 is 2.18 bits per heavy atom. The van der Waals surface area contributed by atoms with Gasteiger partial charge in [0.1, 0.15) is 22.5 Å². The maximum absolute atomic E-state index is 13.4. The van der Waals surface area contributed by atoms with Gasteiger partial charge in [0.25, 0.3) is 5.91 Å². The lowest BCUT2D eigenvalue weighted by Gasteiger charge is -2.19. The zero-order valence-corrected chi connectivity index (χ0v) is 19.8. The van der Waals surface area contributed by atoms with Crippen molar-refractivity contribution in [2.45, 2.75) is 11.7 Å². The fraction of sp³-hybridized carbons (Fsp3) is 0.0800. The predicted molar refractivity (Wildman–Crippen MR) is 133 cm³/mol. The first-order valence-corrected chi connectivity index (χ1v) is 11.7. The number of hydrogen-bond donors (Lipinski definition) is 1. The fourth-order valence-corrected chi connectivity index (χ4v) is 4.93. The molecule has 0 spiro atoms. The number of thioether (sulfide) groups is 1. The molecule has 1 aliphatic rings. The molecule has 0 radical (unpaired) electrons. The molecule has 0 aromatic heterocycles. The zero-order valence-electron chi connectivity index (χ0n) is 17.5. The van der Waals surface area contributed by atoms with E-state index in [4.69, 9.17) is 23.2 Å². The molecule has 1 unspecified atom stereocenters. The average Bonchev–Trinajstić information content (AvgIpc) is 3.13. The molecule has 4 rings (SSSR count). The van der Waals surface area contributed by atoms with E-state index in [0.29, 0.717) is 27.8 Å². The molecule has 1 aliphatic heterocycles. The van der Waals surface area contributed by atoms with Crippen LogP contribution in [0.4, 0.5) is 15.8 Å². The summed E-state index contributed by atoms with van der Waals surface area (Å²) < 4.78 is 13.2. The summed E-state index contributed by atoms with van der Waals surface area (Å²) in [5, 5.41) is 13.2. The molecule has 9 heteroatoms. The summed E-state index contributed by atoms with van der Waals surface area (Å²) in [7, 11) is 0. The van der Waals surface area contributed by atoms with E-state index in [1.807, 2.05) is 18.2 Å². The third-order valence-corrected chi connectivity index (χ3v) is 6.79. The van der Waals surface area contributed by atoms with E-state index < -0.39 is 17.0 Å². The normalized spacial score (nSPS) is 16.8. The van der Waals surface area contributed by atoms with Gasteiger partial charge in [0.05, 0.1) is 5.25 Å². The number of rotatable bonds is 5. The zero-order chi connectivity index (χ0) is 24.2. The maximum atomic E-state index is 13.4. The van der Waals surface area contributed by atoms with Crippen LogP contribution in [-0.2, 0) is 16.0 Å². The van der Waals surface area contributed by atoms with Crippen molar-refractivity contribution in [1.82, 2.24) is 0 Å². The molecule has 3 aromatic carbocycles. The molecule has 1 fully saturated rings. The number of nitriles is 1. The Morgan fingerprint density at radius 2 is 1.59 bits per heavy atom. The van der Waals surface area contributed by atoms with Crippen molar-refractivity contribution in [2.24, 2.45) is 0 Å². The Hall–Kier alpha value is -3.31. The summed E-state index contributed by atoms with van der Waals surface area (Å²) in [5.74, 6) is -1.41. The number of carbonyl (C=O) groups is 2. The lowest BCUT2D eigenvalue weighted by molar-refractivity contribution is -0.117. The van der Waals surface area contributed by atoms with Crippen LogP contribution in [0.1, 0.15) is 5.56 Å². The SMILES string of the molecule is N#C/C(C(=O)Nc1ccc(F)cc1)=C1\SC(Cc2ccc(Cl)cc2)C(=O)N1c1ccc(Cl)cc1. The lowest BCUT2D eigenvalue weighted by Crippen LogP contribution is -2.30. The van der Waals surface area contributed by atoms with Crippen LogP contribution in [0.15, 0.2) is 83.4 Å². The van der Waals surface area contributed by atoms with Crippen LogP contribution in [0.3, 0.4) is 0 Å². The van der Waals surface area contributed by atoms with Gasteiger partial charge in [0.15, 0.2) is 0 Å². The minimum Gasteiger partial charge on any atom is -0.321 e. The molecule has 1 heterocycles. The number of hydrogen-bond acceptors (Lipinski definition) is 4. The first-order valence-electron chi connectivity index (χ1n) is 10.1. The van der Waals surface area contributed by atoms with Crippen LogP contribution in [0, 0.1) is 17.1 Å². The van der Waals surface area contributed by atoms with E-state index in [-0.39, 0.29) is 16.5 Å². The molecule has 170 valence electrons. The van der Waals surface area contributed by atoms with Gasteiger partial charge in [0.2, 0.25) is 5.91 Å². The number of carbonyl (C=O) groups excluding carboxylic acids is 2. The van der Waals surface area contributed by atoms with E-state index in [1.54, 1.807) is 36.4 Å². The molecule has 0 bridgehead atoms. The summed E-state index contributed by atoms with van der Waals surface area (Å²) in [6.45, 7) is 0. The van der Waals surface area contributed by atoms with Gasteiger partial charge in [-0.25, -0.2) is 4.39 Å². The lowest BCUT2D eigenvalue weighted by atomic mass is 10.1. The van der Waals surface area contributed by atoms with Gasteiger partial charge < -0.3 is 5.32 Å². The molecule has 3 aromatic rings. The minimum atomic E-state index is -0.699. The molecular weight excluding hydrogens is 496 g/mol. The third-order valence-electron chi connectivity index (χ3n) is 5.03. The summed E-state index contributed by atoms with van der Waals surface area (Å²) in [6.07, 6.45) is 0.381. The van der Waals surface area contributed by atoms with Gasteiger partial charge in [-0.05, 0) is 72.6 Å². The van der Waals surface area contributed by atoms with Crippen LogP contribution < -0.4 is 10.2 Å². The second-order valence-electron chi connectivity index (χ2n) is 7.34. The smallest absolute Gasteiger partial charge is 0.269 e. The largest absolute Gasteiger partial charge is 0.321 e. The number of amides is 2. The molecule has 2 amide bonds. The Bertz CT molecular complexity index is 1300. The van der Waals surface area contributed by atoms with Crippen molar-refractivity contribution >= 4 is 58.2 Å². The number of anilines is 2. The Balaban J connectivity index is 1.71. The molecule has 1 saturated heterocycles. The Labute approximate surface area is 209 Å². The number of nitrogens with one attached hydrogen (secondary N) is 1. The summed E-state index contributed by atoms with van der Waals surface area (Å²) >= 11 is 13.1. The van der Waals surface area contributed by atoms with Gasteiger partial charge >= 0.3 is 0 Å². The van der Waals surface area contributed by atoms with E-state index in [0.717, 1.165) is 17.3 Å². The highest BCUT2D eigenvalue weighted by molar-refractivity contribution is 8.05. The van der Waals surface area contributed by atoms with Crippen LogP contribution in [-0.4, -0.2) is 17.1 Å². The number of benzene rings is 3. The van der Waals surface area contributed by atoms with Gasteiger partial charge in [-0.3, -0.25) is 14.5 Å². The third kappa shape index (κ3) is 5.26. The van der Waals surface area contributed by atoms with Crippen molar-refractivity contribution in [2.75, 3.05) is 10.2 Å². The summed E-state index contributed by atoms with van der Waals surface area (Å²) in [5.41, 5.74) is 1.47. The van der Waals surface area contributed by atoms with E-state index >= 15 is 0 Å². The molecular formula is C25H16Cl2FN3O2S. The van der Waals surface area contributed by atoms with E-state index in [2.05, 4.69) is 5.32 Å². The van der Waals surface area contributed by atoms with E-state index in [9.17, 15) is 19.2 Å². The predicted octanol–water partition coefficient (Wildman–Crippen LogP) is 6.20. The Kier molecular flexibility index (Phi) is 7.23. The minimum absolute atomic E-state index is 0.216. The highest BCUT2D eigenvalue weighted by Gasteiger charge is 2.40. The van der Waals surface area contributed by atoms with Crippen LogP contribution in [0.2, 0.25) is 10.0 Å². The van der Waals surface area contributed by atoms with Gasteiger partial charge in [0, 0.05) is 21.4 Å². The fourth-order valence-electron chi connectivity index (χ4n) is 3.37. The topological polar surface area (TPSA) is 73.2 Å². The Morgan fingerprint density at radius 1 is 1.00 bits per heavy atom. The second kappa shape index (κ2) is 10.3. The van der Waals surface area contributed by atoms with Gasteiger partial charge in [-0.1, -0.05) is 47.1 Å².